The zero-order valence-electron chi connectivity index (χ0n) is 15.9. The van der Waals surface area contributed by atoms with E-state index in [4.69, 9.17) is 5.14 Å². The highest BCUT2D eigenvalue weighted by molar-refractivity contribution is 9.10. The lowest BCUT2D eigenvalue weighted by Crippen LogP contribution is -2.28. The third kappa shape index (κ3) is 5.63. The van der Waals surface area contributed by atoms with E-state index in [9.17, 15) is 13.5 Å². The van der Waals surface area contributed by atoms with Crippen LogP contribution in [-0.2, 0) is 10.0 Å². The van der Waals surface area contributed by atoms with Gasteiger partial charge in [-0.2, -0.15) is 4.98 Å². The van der Waals surface area contributed by atoms with Gasteiger partial charge in [-0.25, -0.2) is 18.5 Å². The molecular weight excluding hydrogens is 514 g/mol. The molecule has 0 aliphatic carbocycles. The first kappa shape index (κ1) is 23.0. The largest absolute Gasteiger partial charge is 0.391 e. The van der Waals surface area contributed by atoms with Crippen LogP contribution in [0, 0.1) is 0 Å². The number of primary sulfonamides is 1. The second-order valence-corrected chi connectivity index (χ2v) is 9.97. The molecule has 1 heterocycles. The molecule has 0 saturated carbocycles. The number of nitrogens with two attached hydrogens (primary N) is 1. The van der Waals surface area contributed by atoms with E-state index < -0.39 is 16.1 Å². The number of hydrogen-bond acceptors (Lipinski definition) is 7. The van der Waals surface area contributed by atoms with E-state index in [-0.39, 0.29) is 16.9 Å². The van der Waals surface area contributed by atoms with Crippen LogP contribution in [0.1, 0.15) is 39.2 Å². The second kappa shape index (κ2) is 9.04. The van der Waals surface area contributed by atoms with Gasteiger partial charge in [0.25, 0.3) is 0 Å². The Bertz CT molecular complexity index is 968. The Balaban J connectivity index is 2.41. The normalized spacial score (nSPS) is 14.0. The molecule has 1 aromatic heterocycles. The molecule has 0 aliphatic heterocycles. The maximum atomic E-state index is 12.0. The number of rotatable bonds is 7. The van der Waals surface area contributed by atoms with Gasteiger partial charge in [0.1, 0.15) is 5.82 Å². The van der Waals surface area contributed by atoms with Crippen LogP contribution in [0.2, 0.25) is 0 Å². The smallest absolute Gasteiger partial charge is 0.239 e. The summed E-state index contributed by atoms with van der Waals surface area (Å²) in [4.78, 5) is 8.72. The van der Waals surface area contributed by atoms with Gasteiger partial charge in [-0.3, -0.25) is 0 Å². The second-order valence-electron chi connectivity index (χ2n) is 6.76. The molecule has 0 radical (unpaired) electrons. The van der Waals surface area contributed by atoms with Crippen LogP contribution in [0.15, 0.2) is 32.2 Å². The SMILES string of the molecule is CC(C)c1cc(Nc2ncc(Br)c(N[C@H](C)[C@@H](C)O)n2)cc(Br)c1S(N)(=O)=O. The third-order valence-corrected chi connectivity index (χ3v) is 6.56. The molecule has 0 unspecified atom stereocenters. The van der Waals surface area contributed by atoms with E-state index in [0.29, 0.717) is 32.0 Å². The highest BCUT2D eigenvalue weighted by atomic mass is 79.9. The lowest BCUT2D eigenvalue weighted by molar-refractivity contribution is 0.177. The number of aromatic nitrogens is 2. The van der Waals surface area contributed by atoms with Crippen LogP contribution >= 0.6 is 31.9 Å². The minimum absolute atomic E-state index is 0.0675. The summed E-state index contributed by atoms with van der Waals surface area (Å²) in [5.74, 6) is 0.769. The molecule has 11 heteroatoms. The van der Waals surface area contributed by atoms with Crippen molar-refractivity contribution in [1.29, 1.82) is 0 Å². The molecule has 2 atom stereocenters. The predicted octanol–water partition coefficient (Wildman–Crippen LogP) is 3.70. The minimum Gasteiger partial charge on any atom is -0.391 e. The van der Waals surface area contributed by atoms with Gasteiger partial charge in [0.2, 0.25) is 16.0 Å². The van der Waals surface area contributed by atoms with Gasteiger partial charge < -0.3 is 15.7 Å². The standard InChI is InChI=1S/C17H23Br2N5O3S/c1-8(2)12-5-11(6-13(18)15(12)28(20,26)27)23-17-21-7-14(19)16(24-17)22-9(3)10(4)25/h5-10,25H,1-4H3,(H2,20,26,27)(H2,21,22,23,24)/t9-,10-/m1/s1. The summed E-state index contributed by atoms with van der Waals surface area (Å²) in [7, 11) is -3.88. The zero-order chi connectivity index (χ0) is 21.2. The molecule has 0 spiro atoms. The maximum absolute atomic E-state index is 12.0. The molecule has 0 saturated heterocycles. The number of benzene rings is 1. The lowest BCUT2D eigenvalue weighted by Gasteiger charge is -2.19. The number of aliphatic hydroxyl groups is 1. The van der Waals surface area contributed by atoms with Gasteiger partial charge in [-0.05, 0) is 69.3 Å². The van der Waals surface area contributed by atoms with Gasteiger partial charge >= 0.3 is 0 Å². The molecule has 2 aromatic rings. The van der Waals surface area contributed by atoms with Crippen molar-refractivity contribution in [1.82, 2.24) is 9.97 Å². The molecule has 0 aliphatic rings. The zero-order valence-corrected chi connectivity index (χ0v) is 19.9. The van der Waals surface area contributed by atoms with E-state index in [1.165, 1.54) is 0 Å². The fraction of sp³-hybridized carbons (Fsp3) is 0.412. The van der Waals surface area contributed by atoms with Crippen molar-refractivity contribution in [3.63, 3.8) is 0 Å². The number of nitrogens with zero attached hydrogens (tertiary/aromatic N) is 2. The molecule has 1 aromatic carbocycles. The minimum atomic E-state index is -3.88. The monoisotopic (exact) mass is 535 g/mol. The molecule has 2 rings (SSSR count). The van der Waals surface area contributed by atoms with Crippen molar-refractivity contribution >= 4 is 59.3 Å². The number of halogens is 2. The number of sulfonamides is 1. The van der Waals surface area contributed by atoms with Gasteiger partial charge in [0.05, 0.1) is 21.5 Å². The summed E-state index contributed by atoms with van der Waals surface area (Å²) in [6.07, 6.45) is 1.03. The van der Waals surface area contributed by atoms with Gasteiger partial charge in [-0.15, -0.1) is 0 Å². The van der Waals surface area contributed by atoms with Gasteiger partial charge in [-0.1, -0.05) is 13.8 Å². The van der Waals surface area contributed by atoms with E-state index in [2.05, 4.69) is 52.5 Å². The van der Waals surface area contributed by atoms with Crippen molar-refractivity contribution in [3.8, 4) is 0 Å². The molecule has 154 valence electrons. The molecule has 0 bridgehead atoms. The van der Waals surface area contributed by atoms with Gasteiger partial charge in [0.15, 0.2) is 0 Å². The average Bonchev–Trinajstić information content (AvgIpc) is 2.55. The number of hydrogen-bond donors (Lipinski definition) is 4. The van der Waals surface area contributed by atoms with E-state index in [1.54, 1.807) is 25.3 Å². The lowest BCUT2D eigenvalue weighted by atomic mass is 10.0. The molecule has 5 N–H and O–H groups in total. The summed E-state index contributed by atoms with van der Waals surface area (Å²) < 4.78 is 24.9. The Morgan fingerprint density at radius 3 is 2.32 bits per heavy atom. The van der Waals surface area contributed by atoms with Crippen molar-refractivity contribution in [2.45, 2.75) is 50.7 Å². The van der Waals surface area contributed by atoms with Crippen molar-refractivity contribution in [3.05, 3.63) is 32.8 Å². The van der Waals surface area contributed by atoms with E-state index in [1.807, 2.05) is 20.8 Å². The van der Waals surface area contributed by atoms with Crippen LogP contribution in [0.5, 0.6) is 0 Å². The first-order chi connectivity index (χ1) is 12.9. The van der Waals surface area contributed by atoms with Crippen molar-refractivity contribution in [2.24, 2.45) is 5.14 Å². The average molecular weight is 537 g/mol. The molecule has 0 fully saturated rings. The highest BCUT2D eigenvalue weighted by Crippen LogP contribution is 2.34. The molecule has 0 amide bonds. The number of nitrogens with one attached hydrogen (secondary N) is 2. The Morgan fingerprint density at radius 2 is 1.79 bits per heavy atom. The highest BCUT2D eigenvalue weighted by Gasteiger charge is 2.21. The molecule has 28 heavy (non-hydrogen) atoms. The summed E-state index contributed by atoms with van der Waals surface area (Å²) in [5.41, 5.74) is 1.19. The molecular formula is C17H23Br2N5O3S. The third-order valence-electron chi connectivity index (χ3n) is 4.07. The van der Waals surface area contributed by atoms with Crippen LogP contribution < -0.4 is 15.8 Å². The fourth-order valence-electron chi connectivity index (χ4n) is 2.41. The van der Waals surface area contributed by atoms with Crippen LogP contribution in [-0.4, -0.2) is 35.6 Å². The Kier molecular flexibility index (Phi) is 7.43. The van der Waals surface area contributed by atoms with Crippen LogP contribution in [0.25, 0.3) is 0 Å². The van der Waals surface area contributed by atoms with Crippen molar-refractivity contribution in [2.75, 3.05) is 10.6 Å². The van der Waals surface area contributed by atoms with Crippen LogP contribution in [0.3, 0.4) is 0 Å². The maximum Gasteiger partial charge on any atom is 0.239 e. The van der Waals surface area contributed by atoms with Gasteiger partial charge in [0, 0.05) is 16.4 Å². The molecule has 8 nitrogen and oxygen atoms in total. The van der Waals surface area contributed by atoms with Crippen LogP contribution in [0.4, 0.5) is 17.5 Å². The quantitative estimate of drug-likeness (QED) is 0.424. The Labute approximate surface area is 181 Å². The van der Waals surface area contributed by atoms with E-state index >= 15 is 0 Å². The topological polar surface area (TPSA) is 130 Å². The first-order valence-corrected chi connectivity index (χ1v) is 11.6. The number of aliphatic hydroxyl groups excluding tert-OH is 1. The summed E-state index contributed by atoms with van der Waals surface area (Å²) in [6.45, 7) is 7.29. The first-order valence-electron chi connectivity index (χ1n) is 8.50. The summed E-state index contributed by atoms with van der Waals surface area (Å²) >= 11 is 6.68. The summed E-state index contributed by atoms with van der Waals surface area (Å²) in [5, 5.41) is 21.2. The van der Waals surface area contributed by atoms with E-state index in [0.717, 1.165) is 0 Å². The predicted molar refractivity (Wildman–Crippen MR) is 117 cm³/mol. The Morgan fingerprint density at radius 1 is 1.14 bits per heavy atom. The summed E-state index contributed by atoms with van der Waals surface area (Å²) in [6, 6.07) is 3.11. The van der Waals surface area contributed by atoms with Crippen molar-refractivity contribution < 1.29 is 13.5 Å². The Hall–Kier alpha value is -1.27. The fourth-order valence-corrected chi connectivity index (χ4v) is 4.82. The number of anilines is 3.